The molecule has 3 rings (SSSR count). The van der Waals surface area contributed by atoms with Crippen molar-refractivity contribution in [1.29, 1.82) is 0 Å². The van der Waals surface area contributed by atoms with Gasteiger partial charge in [0.1, 0.15) is 0 Å². The van der Waals surface area contributed by atoms with Gasteiger partial charge in [0.05, 0.1) is 19.3 Å². The van der Waals surface area contributed by atoms with Gasteiger partial charge in [-0.3, -0.25) is 4.79 Å². The second-order valence-corrected chi connectivity index (χ2v) is 5.29. The standard InChI is InChI=1S/C15H19N3O3/c19-14-10-12(11-18(14)13-4-2-1-3-5-13)16-15(20)17-6-8-21-9-7-17/h1-5,12H,6-11H2,(H,16,20). The molecule has 2 heterocycles. The van der Waals surface area contributed by atoms with Crippen molar-refractivity contribution >= 4 is 17.6 Å². The molecule has 1 aromatic carbocycles. The third-order valence-corrected chi connectivity index (χ3v) is 3.82. The van der Waals surface area contributed by atoms with Gasteiger partial charge < -0.3 is 19.9 Å². The molecule has 0 aliphatic carbocycles. The Hall–Kier alpha value is -2.08. The molecule has 0 radical (unpaired) electrons. The monoisotopic (exact) mass is 289 g/mol. The summed E-state index contributed by atoms with van der Waals surface area (Å²) in [7, 11) is 0. The van der Waals surface area contributed by atoms with E-state index in [4.69, 9.17) is 4.74 Å². The summed E-state index contributed by atoms with van der Waals surface area (Å²) in [5.74, 6) is 0.0495. The minimum Gasteiger partial charge on any atom is -0.378 e. The van der Waals surface area contributed by atoms with Crippen molar-refractivity contribution in [3.05, 3.63) is 30.3 Å². The van der Waals surface area contributed by atoms with E-state index >= 15 is 0 Å². The Morgan fingerprint density at radius 1 is 1.19 bits per heavy atom. The van der Waals surface area contributed by atoms with Gasteiger partial charge in [-0.25, -0.2) is 4.79 Å². The Kier molecular flexibility index (Phi) is 4.06. The van der Waals surface area contributed by atoms with Gasteiger partial charge in [-0.05, 0) is 12.1 Å². The van der Waals surface area contributed by atoms with Crippen LogP contribution in [-0.4, -0.2) is 55.7 Å². The number of ether oxygens (including phenoxy) is 1. The molecule has 1 N–H and O–H groups in total. The van der Waals surface area contributed by atoms with Crippen molar-refractivity contribution in [3.63, 3.8) is 0 Å². The summed E-state index contributed by atoms with van der Waals surface area (Å²) in [6.45, 7) is 2.89. The van der Waals surface area contributed by atoms with E-state index in [1.807, 2.05) is 30.3 Å². The van der Waals surface area contributed by atoms with Crippen LogP contribution in [0.5, 0.6) is 0 Å². The molecule has 0 saturated carbocycles. The Balaban J connectivity index is 1.58. The van der Waals surface area contributed by atoms with Crippen molar-refractivity contribution in [2.24, 2.45) is 0 Å². The van der Waals surface area contributed by atoms with E-state index < -0.39 is 0 Å². The molecular weight excluding hydrogens is 270 g/mol. The second kappa shape index (κ2) is 6.13. The van der Waals surface area contributed by atoms with E-state index in [0.717, 1.165) is 5.69 Å². The van der Waals surface area contributed by atoms with Crippen molar-refractivity contribution in [2.75, 3.05) is 37.7 Å². The Bertz CT molecular complexity index is 514. The molecule has 6 heteroatoms. The molecule has 2 aliphatic rings. The fraction of sp³-hybridized carbons (Fsp3) is 0.467. The first-order chi connectivity index (χ1) is 10.2. The van der Waals surface area contributed by atoms with Gasteiger partial charge >= 0.3 is 6.03 Å². The lowest BCUT2D eigenvalue weighted by Crippen LogP contribution is -2.49. The topological polar surface area (TPSA) is 61.9 Å². The number of para-hydroxylation sites is 1. The number of morpholine rings is 1. The minimum absolute atomic E-state index is 0.0495. The summed E-state index contributed by atoms with van der Waals surface area (Å²) in [4.78, 5) is 27.7. The van der Waals surface area contributed by atoms with Crippen LogP contribution in [0.25, 0.3) is 0 Å². The van der Waals surface area contributed by atoms with Crippen LogP contribution in [0.3, 0.4) is 0 Å². The van der Waals surface area contributed by atoms with E-state index in [0.29, 0.717) is 39.3 Å². The average molecular weight is 289 g/mol. The molecule has 21 heavy (non-hydrogen) atoms. The van der Waals surface area contributed by atoms with Crippen LogP contribution < -0.4 is 10.2 Å². The highest BCUT2D eigenvalue weighted by Gasteiger charge is 2.32. The van der Waals surface area contributed by atoms with Crippen LogP contribution in [0.4, 0.5) is 10.5 Å². The Morgan fingerprint density at radius 2 is 1.90 bits per heavy atom. The zero-order chi connectivity index (χ0) is 14.7. The first kappa shape index (κ1) is 13.9. The molecule has 0 bridgehead atoms. The Labute approximate surface area is 123 Å². The second-order valence-electron chi connectivity index (χ2n) is 5.29. The summed E-state index contributed by atoms with van der Waals surface area (Å²) in [6, 6.07) is 9.31. The number of nitrogens with one attached hydrogen (secondary N) is 1. The molecule has 6 nitrogen and oxygen atoms in total. The van der Waals surface area contributed by atoms with Crippen LogP contribution in [0.15, 0.2) is 30.3 Å². The first-order valence-electron chi connectivity index (χ1n) is 7.22. The maximum atomic E-state index is 12.1. The molecule has 2 saturated heterocycles. The average Bonchev–Trinajstić information content (AvgIpc) is 2.89. The summed E-state index contributed by atoms with van der Waals surface area (Å²) in [5.41, 5.74) is 0.880. The van der Waals surface area contributed by atoms with Gasteiger partial charge in [-0.1, -0.05) is 18.2 Å². The number of anilines is 1. The number of benzene rings is 1. The van der Waals surface area contributed by atoms with E-state index in [1.54, 1.807) is 9.80 Å². The summed E-state index contributed by atoms with van der Waals surface area (Å²) >= 11 is 0. The fourth-order valence-corrected chi connectivity index (χ4v) is 2.69. The predicted octanol–water partition coefficient (Wildman–Crippen LogP) is 0.834. The third-order valence-electron chi connectivity index (χ3n) is 3.82. The number of nitrogens with zero attached hydrogens (tertiary/aromatic N) is 2. The van der Waals surface area contributed by atoms with Gasteiger partial charge in [0.15, 0.2) is 0 Å². The zero-order valence-corrected chi connectivity index (χ0v) is 11.8. The lowest BCUT2D eigenvalue weighted by molar-refractivity contribution is -0.117. The fourth-order valence-electron chi connectivity index (χ4n) is 2.69. The molecule has 1 aromatic rings. The van der Waals surface area contributed by atoms with Crippen LogP contribution in [0.1, 0.15) is 6.42 Å². The zero-order valence-electron chi connectivity index (χ0n) is 11.8. The van der Waals surface area contributed by atoms with E-state index in [9.17, 15) is 9.59 Å². The molecule has 1 unspecified atom stereocenters. The number of rotatable bonds is 2. The van der Waals surface area contributed by atoms with Crippen molar-refractivity contribution in [1.82, 2.24) is 10.2 Å². The van der Waals surface area contributed by atoms with Crippen molar-refractivity contribution in [3.8, 4) is 0 Å². The van der Waals surface area contributed by atoms with E-state index in [1.165, 1.54) is 0 Å². The number of hydrogen-bond donors (Lipinski definition) is 1. The normalized spacial score (nSPS) is 22.5. The molecule has 1 atom stereocenters. The van der Waals surface area contributed by atoms with Crippen LogP contribution >= 0.6 is 0 Å². The van der Waals surface area contributed by atoms with Crippen LogP contribution in [0, 0.1) is 0 Å². The maximum absolute atomic E-state index is 12.1. The lowest BCUT2D eigenvalue weighted by Gasteiger charge is -2.28. The van der Waals surface area contributed by atoms with Gasteiger partial charge in [0, 0.05) is 31.7 Å². The van der Waals surface area contributed by atoms with Gasteiger partial charge in [-0.2, -0.15) is 0 Å². The van der Waals surface area contributed by atoms with E-state index in [2.05, 4.69) is 5.32 Å². The summed E-state index contributed by atoms with van der Waals surface area (Å²) in [5, 5.41) is 2.95. The van der Waals surface area contributed by atoms with Gasteiger partial charge in [0.25, 0.3) is 0 Å². The molecule has 0 spiro atoms. The largest absolute Gasteiger partial charge is 0.378 e. The summed E-state index contributed by atoms with van der Waals surface area (Å²) < 4.78 is 5.23. The van der Waals surface area contributed by atoms with Crippen LogP contribution in [0.2, 0.25) is 0 Å². The highest BCUT2D eigenvalue weighted by Crippen LogP contribution is 2.21. The first-order valence-corrected chi connectivity index (χ1v) is 7.22. The van der Waals surface area contributed by atoms with Gasteiger partial charge in [0.2, 0.25) is 5.91 Å². The smallest absolute Gasteiger partial charge is 0.317 e. The number of carbonyl (C=O) groups is 2. The number of hydrogen-bond acceptors (Lipinski definition) is 3. The summed E-state index contributed by atoms with van der Waals surface area (Å²) in [6.07, 6.45) is 0.352. The molecule has 3 amide bonds. The number of carbonyl (C=O) groups excluding carboxylic acids is 2. The SMILES string of the molecule is O=C(NC1CC(=O)N(c2ccccc2)C1)N1CCOCC1. The lowest BCUT2D eigenvalue weighted by atomic mass is 10.2. The van der Waals surface area contributed by atoms with Crippen molar-refractivity contribution < 1.29 is 14.3 Å². The molecule has 0 aromatic heterocycles. The highest BCUT2D eigenvalue weighted by molar-refractivity contribution is 5.96. The minimum atomic E-state index is -0.131. The molecule has 2 aliphatic heterocycles. The van der Waals surface area contributed by atoms with Crippen LogP contribution in [-0.2, 0) is 9.53 Å². The molecular formula is C15H19N3O3. The van der Waals surface area contributed by atoms with E-state index in [-0.39, 0.29) is 18.0 Å². The number of amides is 3. The predicted molar refractivity (Wildman–Crippen MR) is 78.1 cm³/mol. The van der Waals surface area contributed by atoms with Gasteiger partial charge in [-0.15, -0.1) is 0 Å². The quantitative estimate of drug-likeness (QED) is 0.877. The highest BCUT2D eigenvalue weighted by atomic mass is 16.5. The van der Waals surface area contributed by atoms with Crippen molar-refractivity contribution in [2.45, 2.75) is 12.5 Å². The Morgan fingerprint density at radius 3 is 2.62 bits per heavy atom. The molecule has 2 fully saturated rings. The molecule has 112 valence electrons. The third kappa shape index (κ3) is 3.16. The maximum Gasteiger partial charge on any atom is 0.317 e. The number of urea groups is 1.